The molecule has 24 heavy (non-hydrogen) atoms. The van der Waals surface area contributed by atoms with Crippen molar-refractivity contribution >= 4 is 17.5 Å². The van der Waals surface area contributed by atoms with E-state index >= 15 is 0 Å². The minimum atomic E-state index is -4.68. The second-order valence-electron chi connectivity index (χ2n) is 4.73. The summed E-state index contributed by atoms with van der Waals surface area (Å²) < 4.78 is 38.6. The molecule has 0 unspecified atom stereocenters. The van der Waals surface area contributed by atoms with Gasteiger partial charge in [-0.3, -0.25) is 14.9 Å². The first-order valence-corrected chi connectivity index (χ1v) is 6.54. The molecule has 124 valence electrons. The molecule has 0 bridgehead atoms. The topological polar surface area (TPSA) is 83.3 Å². The number of hydrogen-bond acceptors (Lipinski definition) is 4. The van der Waals surface area contributed by atoms with Crippen molar-refractivity contribution in [1.82, 2.24) is 0 Å². The lowest BCUT2D eigenvalue weighted by atomic mass is 10.0. The number of carbonyl (C=O) groups excluding carboxylic acids is 1. The van der Waals surface area contributed by atoms with Gasteiger partial charge in [0.25, 0.3) is 5.69 Å². The first-order valence-electron chi connectivity index (χ1n) is 6.54. The summed E-state index contributed by atoms with van der Waals surface area (Å²) in [7, 11) is 0. The highest BCUT2D eigenvalue weighted by molar-refractivity contribution is 6.07. The molecule has 2 aromatic rings. The summed E-state index contributed by atoms with van der Waals surface area (Å²) in [4.78, 5) is 21.8. The zero-order valence-electron chi connectivity index (χ0n) is 11.9. The molecule has 0 saturated carbocycles. The summed E-state index contributed by atoms with van der Waals surface area (Å²) >= 11 is 0. The summed E-state index contributed by atoms with van der Waals surface area (Å²) in [6.45, 7) is 0. The van der Waals surface area contributed by atoms with E-state index in [-0.39, 0.29) is 5.56 Å². The number of allylic oxidation sites excluding steroid dienone is 1. The van der Waals surface area contributed by atoms with Crippen molar-refractivity contribution < 1.29 is 28.0 Å². The van der Waals surface area contributed by atoms with Crippen LogP contribution in [0, 0.1) is 10.1 Å². The molecule has 2 rings (SSSR count). The van der Waals surface area contributed by atoms with Crippen LogP contribution in [0.1, 0.15) is 21.5 Å². The van der Waals surface area contributed by atoms with Crippen LogP contribution >= 0.6 is 0 Å². The molecule has 2 aromatic carbocycles. The Morgan fingerprint density at radius 3 is 2.42 bits per heavy atom. The van der Waals surface area contributed by atoms with E-state index in [0.717, 1.165) is 36.4 Å². The van der Waals surface area contributed by atoms with Crippen molar-refractivity contribution in [3.05, 3.63) is 75.3 Å². The summed E-state index contributed by atoms with van der Waals surface area (Å²) in [6.07, 6.45) is -2.70. The van der Waals surface area contributed by atoms with Gasteiger partial charge in [0.05, 0.1) is 10.5 Å². The Bertz CT molecular complexity index is 828. The van der Waals surface area contributed by atoms with Crippen LogP contribution in [-0.4, -0.2) is 10.7 Å². The van der Waals surface area contributed by atoms with E-state index in [0.29, 0.717) is 0 Å². The maximum atomic E-state index is 12.9. The molecule has 0 heterocycles. The third-order valence-electron chi connectivity index (χ3n) is 3.10. The number of nitrogens with zero attached hydrogens (tertiary/aromatic N) is 1. The van der Waals surface area contributed by atoms with Crippen LogP contribution in [0.4, 0.5) is 18.9 Å². The SMILES string of the molecule is O=C(/C=C/c1ccc([O-])c([N+](=O)[O-])c1)c1ccccc1C(F)(F)F. The molecule has 0 radical (unpaired) electrons. The van der Waals surface area contributed by atoms with Crippen LogP contribution in [0.3, 0.4) is 0 Å². The van der Waals surface area contributed by atoms with Gasteiger partial charge in [-0.25, -0.2) is 0 Å². The van der Waals surface area contributed by atoms with Gasteiger partial charge in [-0.1, -0.05) is 36.4 Å². The molecule has 5 nitrogen and oxygen atoms in total. The fraction of sp³-hybridized carbons (Fsp3) is 0.0625. The van der Waals surface area contributed by atoms with E-state index < -0.39 is 39.4 Å². The second kappa shape index (κ2) is 6.53. The molecule has 0 atom stereocenters. The molecule has 0 aliphatic carbocycles. The minimum absolute atomic E-state index is 0.152. The Balaban J connectivity index is 2.33. The number of halogens is 3. The Kier molecular flexibility index (Phi) is 4.68. The van der Waals surface area contributed by atoms with E-state index in [1.165, 1.54) is 18.2 Å². The van der Waals surface area contributed by atoms with Crippen molar-refractivity contribution in [2.24, 2.45) is 0 Å². The lowest BCUT2D eigenvalue weighted by molar-refractivity contribution is -0.398. The number of hydrogen-bond donors (Lipinski definition) is 0. The summed E-state index contributed by atoms with van der Waals surface area (Å²) in [5, 5.41) is 21.9. The number of ketones is 1. The minimum Gasteiger partial charge on any atom is -0.868 e. The second-order valence-corrected chi connectivity index (χ2v) is 4.73. The van der Waals surface area contributed by atoms with Gasteiger partial charge in [0.15, 0.2) is 5.78 Å². The molecule has 0 N–H and O–H groups in total. The van der Waals surface area contributed by atoms with Gasteiger partial charge >= 0.3 is 6.18 Å². The highest BCUT2D eigenvalue weighted by Gasteiger charge is 2.34. The van der Waals surface area contributed by atoms with E-state index in [4.69, 9.17) is 0 Å². The predicted molar refractivity (Wildman–Crippen MR) is 77.4 cm³/mol. The molecule has 8 heteroatoms. The molecule has 0 fully saturated rings. The fourth-order valence-corrected chi connectivity index (χ4v) is 1.99. The average molecular weight is 336 g/mol. The normalized spacial score (nSPS) is 11.6. The smallest absolute Gasteiger partial charge is 0.417 e. The zero-order valence-corrected chi connectivity index (χ0v) is 11.9. The van der Waals surface area contributed by atoms with Crippen molar-refractivity contribution in [2.45, 2.75) is 6.18 Å². The van der Waals surface area contributed by atoms with E-state index in [1.807, 2.05) is 0 Å². The highest BCUT2D eigenvalue weighted by atomic mass is 19.4. The summed E-state index contributed by atoms with van der Waals surface area (Å²) in [6, 6.07) is 7.42. The average Bonchev–Trinajstić information content (AvgIpc) is 2.52. The van der Waals surface area contributed by atoms with Crippen molar-refractivity contribution in [2.75, 3.05) is 0 Å². The summed E-state index contributed by atoms with van der Waals surface area (Å²) in [5.41, 5.74) is -2.13. The van der Waals surface area contributed by atoms with Crippen LogP contribution in [0.25, 0.3) is 6.08 Å². The molecule has 0 aliphatic heterocycles. The number of benzene rings is 2. The molecular formula is C16H9F3NO4-. The molecule has 0 aromatic heterocycles. The third kappa shape index (κ3) is 3.78. The number of alkyl halides is 3. The first-order chi connectivity index (χ1) is 11.2. The van der Waals surface area contributed by atoms with Crippen LogP contribution in [0.5, 0.6) is 5.75 Å². The lowest BCUT2D eigenvalue weighted by Crippen LogP contribution is -2.11. The molecular weight excluding hydrogens is 327 g/mol. The van der Waals surface area contributed by atoms with E-state index in [9.17, 15) is 33.2 Å². The number of nitro groups is 1. The van der Waals surface area contributed by atoms with Crippen molar-refractivity contribution in [1.29, 1.82) is 0 Å². The number of nitro benzene ring substituents is 1. The number of carbonyl (C=O) groups is 1. The number of rotatable bonds is 4. The standard InChI is InChI=1S/C16H10F3NO4/c17-16(18,19)12-4-2-1-3-11(12)14(21)7-5-10-6-8-15(22)13(9-10)20(23)24/h1-9,22H/p-1/b7-5+. The van der Waals surface area contributed by atoms with Gasteiger partial charge in [-0.2, -0.15) is 13.2 Å². The largest absolute Gasteiger partial charge is 0.868 e. The van der Waals surface area contributed by atoms with Gasteiger partial charge < -0.3 is 5.11 Å². The van der Waals surface area contributed by atoms with Gasteiger partial charge in [0, 0.05) is 11.6 Å². The van der Waals surface area contributed by atoms with Crippen molar-refractivity contribution in [3.8, 4) is 5.75 Å². The third-order valence-corrected chi connectivity index (χ3v) is 3.10. The quantitative estimate of drug-likeness (QED) is 0.370. The van der Waals surface area contributed by atoms with E-state index in [1.54, 1.807) is 0 Å². The molecule has 0 amide bonds. The molecule has 0 aliphatic rings. The Hall–Kier alpha value is -3.16. The van der Waals surface area contributed by atoms with Crippen LogP contribution in [0.2, 0.25) is 0 Å². The summed E-state index contributed by atoms with van der Waals surface area (Å²) in [5.74, 6) is -1.71. The fourth-order valence-electron chi connectivity index (χ4n) is 1.99. The van der Waals surface area contributed by atoms with Crippen LogP contribution in [-0.2, 0) is 6.18 Å². The zero-order chi connectivity index (χ0) is 17.9. The maximum Gasteiger partial charge on any atom is 0.417 e. The first kappa shape index (κ1) is 17.2. The molecule has 0 spiro atoms. The lowest BCUT2D eigenvalue weighted by Gasteiger charge is -2.10. The van der Waals surface area contributed by atoms with Gasteiger partial charge in [-0.05, 0) is 23.5 Å². The van der Waals surface area contributed by atoms with Crippen LogP contribution < -0.4 is 5.11 Å². The Morgan fingerprint density at radius 2 is 1.79 bits per heavy atom. The Labute approximate surface area is 133 Å². The van der Waals surface area contributed by atoms with Gasteiger partial charge in [0.2, 0.25) is 0 Å². The predicted octanol–water partition coefficient (Wildman–Crippen LogP) is 3.58. The molecule has 0 saturated heterocycles. The maximum absolute atomic E-state index is 12.9. The van der Waals surface area contributed by atoms with Crippen molar-refractivity contribution in [3.63, 3.8) is 0 Å². The van der Waals surface area contributed by atoms with Gasteiger partial charge in [0.1, 0.15) is 0 Å². The van der Waals surface area contributed by atoms with Gasteiger partial charge in [-0.15, -0.1) is 0 Å². The van der Waals surface area contributed by atoms with E-state index in [2.05, 4.69) is 0 Å². The van der Waals surface area contributed by atoms with Crippen LogP contribution in [0.15, 0.2) is 48.5 Å². The Morgan fingerprint density at radius 1 is 1.12 bits per heavy atom. The highest BCUT2D eigenvalue weighted by Crippen LogP contribution is 2.32. The monoisotopic (exact) mass is 336 g/mol.